The van der Waals surface area contributed by atoms with Crippen LogP contribution in [-0.4, -0.2) is 79.2 Å². The molecule has 234 valence electrons. The molecule has 7 rings (SSSR count). The molecule has 0 bridgehead atoms. The van der Waals surface area contributed by atoms with Gasteiger partial charge in [0.2, 0.25) is 5.91 Å². The van der Waals surface area contributed by atoms with Crippen molar-refractivity contribution >= 4 is 22.8 Å². The molecule has 0 spiro atoms. The zero-order valence-electron chi connectivity index (χ0n) is 25.7. The summed E-state index contributed by atoms with van der Waals surface area (Å²) in [5, 5.41) is 15.4. The van der Waals surface area contributed by atoms with Crippen LogP contribution in [0.25, 0.3) is 11.0 Å². The van der Waals surface area contributed by atoms with Crippen LogP contribution in [0.2, 0.25) is 0 Å². The van der Waals surface area contributed by atoms with Crippen LogP contribution in [0.5, 0.6) is 0 Å². The van der Waals surface area contributed by atoms with Gasteiger partial charge in [0.05, 0.1) is 17.5 Å². The summed E-state index contributed by atoms with van der Waals surface area (Å²) in [6.45, 7) is 3.71. The number of aromatic nitrogens is 3. The van der Waals surface area contributed by atoms with Crippen molar-refractivity contribution in [2.45, 2.75) is 50.3 Å². The van der Waals surface area contributed by atoms with Gasteiger partial charge in [-0.25, -0.2) is 4.98 Å². The van der Waals surface area contributed by atoms with Gasteiger partial charge in [-0.15, -0.1) is 0 Å². The van der Waals surface area contributed by atoms with Crippen molar-refractivity contribution in [2.75, 3.05) is 32.7 Å². The number of hydrogen-bond acceptors (Lipinski definition) is 6. The molecular formula is C35H40N6O4. The summed E-state index contributed by atoms with van der Waals surface area (Å²) in [6.07, 6.45) is 5.55. The van der Waals surface area contributed by atoms with Crippen molar-refractivity contribution < 1.29 is 14.7 Å². The number of fused-ring (bicyclic) bond motifs is 2. The number of nitrogens with one attached hydrogen (secondary N) is 1. The lowest BCUT2D eigenvalue weighted by molar-refractivity contribution is -0.142. The van der Waals surface area contributed by atoms with E-state index in [1.165, 1.54) is 22.0 Å². The molecule has 2 atom stereocenters. The predicted octanol–water partition coefficient (Wildman–Crippen LogP) is 2.68. The molecular weight excluding hydrogens is 568 g/mol. The van der Waals surface area contributed by atoms with Crippen molar-refractivity contribution in [3.63, 3.8) is 0 Å². The monoisotopic (exact) mass is 608 g/mol. The first-order valence-electron chi connectivity index (χ1n) is 16.0. The van der Waals surface area contributed by atoms with Crippen LogP contribution in [0.4, 0.5) is 0 Å². The Balaban J connectivity index is 1.04. The van der Waals surface area contributed by atoms with Crippen LogP contribution in [0.3, 0.4) is 0 Å². The highest BCUT2D eigenvalue weighted by molar-refractivity contribution is 5.95. The number of rotatable bonds is 5. The van der Waals surface area contributed by atoms with Crippen molar-refractivity contribution in [1.29, 1.82) is 0 Å². The van der Waals surface area contributed by atoms with Crippen LogP contribution < -0.4 is 10.9 Å². The molecule has 2 saturated heterocycles. The molecule has 2 N–H and O–H groups in total. The smallest absolute Gasteiger partial charge is 0.262 e. The summed E-state index contributed by atoms with van der Waals surface area (Å²) in [4.78, 5) is 49.0. The van der Waals surface area contributed by atoms with E-state index in [4.69, 9.17) is 0 Å². The maximum Gasteiger partial charge on any atom is 0.262 e. The highest BCUT2D eigenvalue weighted by Gasteiger charge is 2.41. The van der Waals surface area contributed by atoms with Crippen molar-refractivity contribution in [3.8, 4) is 0 Å². The number of benzene rings is 2. The summed E-state index contributed by atoms with van der Waals surface area (Å²) in [7, 11) is 1.84. The normalized spacial score (nSPS) is 21.5. The molecule has 2 fully saturated rings. The van der Waals surface area contributed by atoms with Crippen LogP contribution in [0.1, 0.15) is 52.2 Å². The van der Waals surface area contributed by atoms with E-state index in [1.54, 1.807) is 16.8 Å². The number of nitrogens with zero attached hydrogens (tertiary/aromatic N) is 5. The first-order valence-corrected chi connectivity index (χ1v) is 16.0. The van der Waals surface area contributed by atoms with E-state index in [-0.39, 0.29) is 35.8 Å². The van der Waals surface area contributed by atoms with Gasteiger partial charge in [-0.2, -0.15) is 0 Å². The van der Waals surface area contributed by atoms with Crippen LogP contribution in [-0.2, 0) is 31.4 Å². The van der Waals surface area contributed by atoms with Crippen LogP contribution in [0, 0.1) is 5.92 Å². The number of amides is 2. The number of aliphatic hydroxyl groups is 1. The summed E-state index contributed by atoms with van der Waals surface area (Å²) >= 11 is 0. The van der Waals surface area contributed by atoms with E-state index in [0.29, 0.717) is 62.0 Å². The number of likely N-dealkylation sites (tertiary alicyclic amines) is 2. The maximum absolute atomic E-state index is 14.1. The van der Waals surface area contributed by atoms with Crippen molar-refractivity contribution in [3.05, 3.63) is 99.7 Å². The highest BCUT2D eigenvalue weighted by Crippen LogP contribution is 2.36. The summed E-state index contributed by atoms with van der Waals surface area (Å²) < 4.78 is 3.28. The second kappa shape index (κ2) is 11.9. The fraction of sp³-hybridized carbons (Fsp3) is 0.429. The van der Waals surface area contributed by atoms with Gasteiger partial charge in [-0.3, -0.25) is 19.0 Å². The maximum atomic E-state index is 14.1. The zero-order chi connectivity index (χ0) is 31.1. The molecule has 3 aliphatic rings. The predicted molar refractivity (Wildman–Crippen MR) is 171 cm³/mol. The number of carbonyl (C=O) groups excluding carboxylic acids is 2. The van der Waals surface area contributed by atoms with E-state index in [2.05, 4.69) is 28.5 Å². The van der Waals surface area contributed by atoms with E-state index < -0.39 is 5.60 Å². The topological polar surface area (TPSA) is 113 Å². The Kier molecular flexibility index (Phi) is 7.79. The van der Waals surface area contributed by atoms with Crippen molar-refractivity contribution in [2.24, 2.45) is 13.0 Å². The summed E-state index contributed by atoms with van der Waals surface area (Å²) in [5.74, 6) is -0.292. The Morgan fingerprint density at radius 3 is 2.62 bits per heavy atom. The minimum absolute atomic E-state index is 0.0182. The number of aryl methyl sites for hydroxylation is 1. The molecule has 0 radical (unpaired) electrons. The summed E-state index contributed by atoms with van der Waals surface area (Å²) in [6, 6.07) is 17.8. The second-order valence-electron chi connectivity index (χ2n) is 13.0. The Bertz CT molecular complexity index is 1790. The Morgan fingerprint density at radius 2 is 1.82 bits per heavy atom. The lowest BCUT2D eigenvalue weighted by Gasteiger charge is -2.43. The van der Waals surface area contributed by atoms with Gasteiger partial charge in [0.1, 0.15) is 12.0 Å². The molecule has 2 aromatic heterocycles. The Morgan fingerprint density at radius 1 is 1.02 bits per heavy atom. The van der Waals surface area contributed by atoms with Gasteiger partial charge in [-0.1, -0.05) is 36.4 Å². The number of piperidine rings is 2. The number of carbonyl (C=O) groups is 2. The molecule has 2 amide bonds. The Labute approximate surface area is 262 Å². The van der Waals surface area contributed by atoms with Gasteiger partial charge in [0, 0.05) is 63.4 Å². The third-order valence-electron chi connectivity index (χ3n) is 10.1. The summed E-state index contributed by atoms with van der Waals surface area (Å²) in [5.41, 5.74) is 3.58. The number of hydrogen-bond donors (Lipinski definition) is 2. The lowest BCUT2D eigenvalue weighted by atomic mass is 9.79. The molecule has 5 heterocycles. The molecule has 2 aromatic carbocycles. The first-order chi connectivity index (χ1) is 21.8. The molecule has 0 saturated carbocycles. The van der Waals surface area contributed by atoms with Crippen LogP contribution >= 0.6 is 0 Å². The highest BCUT2D eigenvalue weighted by atomic mass is 16.3. The third kappa shape index (κ3) is 5.68. The zero-order valence-corrected chi connectivity index (χ0v) is 25.7. The van der Waals surface area contributed by atoms with Gasteiger partial charge < -0.3 is 24.8 Å². The fourth-order valence-electron chi connectivity index (χ4n) is 7.41. The average Bonchev–Trinajstić information content (AvgIpc) is 3.46. The lowest BCUT2D eigenvalue weighted by Crippen LogP contribution is -2.53. The van der Waals surface area contributed by atoms with E-state index in [1.807, 2.05) is 47.2 Å². The van der Waals surface area contributed by atoms with Crippen molar-refractivity contribution in [1.82, 2.24) is 29.2 Å². The fourth-order valence-corrected chi connectivity index (χ4v) is 7.41. The molecule has 4 aromatic rings. The van der Waals surface area contributed by atoms with Gasteiger partial charge >= 0.3 is 0 Å². The molecule has 0 aliphatic carbocycles. The van der Waals surface area contributed by atoms with Gasteiger partial charge in [0.25, 0.3) is 11.5 Å². The van der Waals surface area contributed by atoms with E-state index in [0.717, 1.165) is 25.1 Å². The van der Waals surface area contributed by atoms with E-state index >= 15 is 0 Å². The first kappa shape index (κ1) is 29.4. The quantitative estimate of drug-likeness (QED) is 0.361. The van der Waals surface area contributed by atoms with Gasteiger partial charge in [0.15, 0.2) is 0 Å². The Hall–Kier alpha value is -4.28. The standard InChI is InChI=1S/C35H40N6O4/c1-38-15-10-29-31(38)37-23-41(34(29)44)22-35(45)12-17-39(18-13-35)33(43)28-11-16-40(21-30(28)24-5-3-2-4-6-24)32(42)26-7-8-27-20-36-14-9-25(27)19-26/h2-8,10,15,19,23,28,30,36,45H,9,11-14,16-18,20-22H2,1H3/t28-,30+/m1/s1. The molecule has 10 heteroatoms. The SMILES string of the molecule is Cn1ccc2c(=O)n(CC3(O)CCN(C(=O)[C@@H]4CCN(C(=O)c5ccc6c(c5)CCNC6)C[C@H]4c4ccccc4)CC3)cnc21. The third-order valence-corrected chi connectivity index (χ3v) is 10.1. The molecule has 10 nitrogen and oxygen atoms in total. The largest absolute Gasteiger partial charge is 0.388 e. The average molecular weight is 609 g/mol. The molecule has 3 aliphatic heterocycles. The van der Waals surface area contributed by atoms with Gasteiger partial charge in [-0.05, 0) is 67.1 Å². The van der Waals surface area contributed by atoms with Crippen LogP contribution in [0.15, 0.2) is 71.9 Å². The molecule has 0 unspecified atom stereocenters. The minimum atomic E-state index is -1.11. The second-order valence-corrected chi connectivity index (χ2v) is 13.0. The minimum Gasteiger partial charge on any atom is -0.388 e. The van der Waals surface area contributed by atoms with E-state index in [9.17, 15) is 19.5 Å². The molecule has 45 heavy (non-hydrogen) atoms.